The molecule has 0 aliphatic carbocycles. The predicted octanol–water partition coefficient (Wildman–Crippen LogP) is 1.24. The van der Waals surface area contributed by atoms with E-state index in [0.29, 0.717) is 17.7 Å². The van der Waals surface area contributed by atoms with Gasteiger partial charge in [-0.3, -0.25) is 14.3 Å². The summed E-state index contributed by atoms with van der Waals surface area (Å²) in [6, 6.07) is 0.555. The quantitative estimate of drug-likeness (QED) is 0.483. The zero-order valence-electron chi connectivity index (χ0n) is 19.5. The first-order valence-corrected chi connectivity index (χ1v) is 12.5. The molecule has 37 heavy (non-hydrogen) atoms. The van der Waals surface area contributed by atoms with Crippen LogP contribution >= 0.6 is 0 Å². The fourth-order valence-electron chi connectivity index (χ4n) is 4.50. The zero-order chi connectivity index (χ0) is 26.6. The molecule has 11 nitrogen and oxygen atoms in total. The number of hydrogen-bond donors (Lipinski definition) is 2. The van der Waals surface area contributed by atoms with Crippen molar-refractivity contribution in [2.45, 2.75) is 10.9 Å². The monoisotopic (exact) mass is 538 g/mol. The van der Waals surface area contributed by atoms with Gasteiger partial charge in [0, 0.05) is 69.4 Å². The summed E-state index contributed by atoms with van der Waals surface area (Å²) in [5.74, 6) is -6.62. The molecule has 3 aromatic rings. The molecule has 2 aliphatic heterocycles. The van der Waals surface area contributed by atoms with Crippen molar-refractivity contribution in [1.82, 2.24) is 24.0 Å². The highest BCUT2D eigenvalue weighted by Gasteiger charge is 2.42. The van der Waals surface area contributed by atoms with Crippen LogP contribution < -0.4 is 14.8 Å². The number of aromatic nitrogens is 3. The van der Waals surface area contributed by atoms with E-state index in [1.807, 2.05) is 0 Å². The van der Waals surface area contributed by atoms with Crippen molar-refractivity contribution in [1.29, 1.82) is 0 Å². The summed E-state index contributed by atoms with van der Waals surface area (Å²) in [4.78, 5) is 27.0. The van der Waals surface area contributed by atoms with Crippen molar-refractivity contribution in [3.05, 3.63) is 59.4 Å². The Hall–Kier alpha value is -3.85. The van der Waals surface area contributed by atoms with Crippen LogP contribution in [0.1, 0.15) is 20.8 Å². The Balaban J connectivity index is 1.41. The van der Waals surface area contributed by atoms with Crippen molar-refractivity contribution in [3.8, 4) is 5.75 Å². The molecule has 2 aromatic heterocycles. The van der Waals surface area contributed by atoms with Crippen LogP contribution in [-0.2, 0) is 24.1 Å². The molecule has 5 rings (SSSR count). The number of fused-ring (bicyclic) bond motifs is 2. The first kappa shape index (κ1) is 24.8. The van der Waals surface area contributed by atoms with Crippen molar-refractivity contribution in [2.75, 3.05) is 25.0 Å². The molecule has 1 fully saturated rings. The first-order valence-electron chi connectivity index (χ1n) is 11.0. The van der Waals surface area contributed by atoms with E-state index in [4.69, 9.17) is 4.74 Å². The number of rotatable bonds is 3. The number of ether oxygens (including phenoxy) is 1. The number of nitrogens with zero attached hydrogens (tertiary/aromatic N) is 4. The lowest BCUT2D eigenvalue weighted by Gasteiger charge is -2.23. The minimum Gasteiger partial charge on any atom is -0.489 e. The topological polar surface area (TPSA) is 128 Å². The van der Waals surface area contributed by atoms with Crippen molar-refractivity contribution in [2.24, 2.45) is 20.0 Å². The molecule has 2 N–H and O–H groups in total. The van der Waals surface area contributed by atoms with E-state index in [-0.39, 0.29) is 47.6 Å². The second kappa shape index (κ2) is 8.92. The second-order valence-electron chi connectivity index (χ2n) is 8.90. The summed E-state index contributed by atoms with van der Waals surface area (Å²) in [6.07, 6.45) is 4.15. The fraction of sp³-hybridized carbons (Fsp3) is 0.318. The molecule has 2 aliphatic rings. The molecule has 0 spiro atoms. The van der Waals surface area contributed by atoms with Gasteiger partial charge in [-0.1, -0.05) is 0 Å². The molecule has 2 atom stereocenters. The summed E-state index contributed by atoms with van der Waals surface area (Å²) in [7, 11) is -1.12. The molecule has 15 heteroatoms. The van der Waals surface area contributed by atoms with Crippen LogP contribution in [0, 0.1) is 23.4 Å². The molecular weight excluding hydrogens is 517 g/mol. The molecule has 2 unspecified atom stereocenters. The minimum absolute atomic E-state index is 0.0267. The maximum atomic E-state index is 13.6. The van der Waals surface area contributed by atoms with E-state index >= 15 is 0 Å². The zero-order valence-corrected chi connectivity index (χ0v) is 20.4. The van der Waals surface area contributed by atoms with E-state index in [1.54, 1.807) is 13.2 Å². The van der Waals surface area contributed by atoms with Crippen LogP contribution in [0.3, 0.4) is 0 Å². The van der Waals surface area contributed by atoms with E-state index in [1.165, 1.54) is 33.6 Å². The number of benzene rings is 1. The van der Waals surface area contributed by atoms with Crippen LogP contribution in [0.25, 0.3) is 0 Å². The maximum Gasteiger partial charge on any atom is 0.276 e. The van der Waals surface area contributed by atoms with Crippen molar-refractivity contribution < 1.29 is 35.9 Å². The normalized spacial score (nSPS) is 20.4. The fourth-order valence-corrected chi connectivity index (χ4v) is 5.98. The smallest absolute Gasteiger partial charge is 0.276 e. The third-order valence-electron chi connectivity index (χ3n) is 6.28. The Bertz CT molecular complexity index is 1510. The highest BCUT2D eigenvalue weighted by atomic mass is 32.2. The number of amides is 2. The Morgan fingerprint density at radius 3 is 2.49 bits per heavy atom. The summed E-state index contributed by atoms with van der Waals surface area (Å²) in [6.45, 7) is 0.276. The van der Waals surface area contributed by atoms with Gasteiger partial charge in [-0.15, -0.1) is 0 Å². The molecule has 196 valence electrons. The van der Waals surface area contributed by atoms with E-state index in [0.717, 1.165) is 0 Å². The van der Waals surface area contributed by atoms with Crippen molar-refractivity contribution >= 4 is 27.5 Å². The van der Waals surface area contributed by atoms with Crippen LogP contribution in [0.4, 0.5) is 18.9 Å². The standard InChI is InChI=1S/C22H21F3N6O5S/c1-29-9-17-20(19(29)21(32)27-13-3-14(23)18(25)15(24)4-13)36-10-12-7-31(8-16(12)28-37(17,34)35)22(33)11-5-26-30(2)6-11/h3-6,9,12,16,28H,7-8,10H2,1-2H3,(H,27,32). The Morgan fingerprint density at radius 2 is 1.84 bits per heavy atom. The highest BCUT2D eigenvalue weighted by molar-refractivity contribution is 7.89. The number of carbonyl (C=O) groups is 2. The third-order valence-corrected chi connectivity index (χ3v) is 7.76. The summed E-state index contributed by atoms with van der Waals surface area (Å²) >= 11 is 0. The molecule has 1 saturated heterocycles. The van der Waals surface area contributed by atoms with Gasteiger partial charge in [0.2, 0.25) is 10.0 Å². The van der Waals surface area contributed by atoms with Gasteiger partial charge in [0.15, 0.2) is 28.9 Å². The number of halogens is 3. The second-order valence-corrected chi connectivity index (χ2v) is 10.6. The van der Waals surface area contributed by atoms with Crippen molar-refractivity contribution in [3.63, 3.8) is 0 Å². The Morgan fingerprint density at radius 1 is 1.14 bits per heavy atom. The molecule has 0 saturated carbocycles. The van der Waals surface area contributed by atoms with Crippen LogP contribution in [-0.4, -0.2) is 65.2 Å². The average molecular weight is 539 g/mol. The van der Waals surface area contributed by atoms with E-state index in [2.05, 4.69) is 15.1 Å². The lowest BCUT2D eigenvalue weighted by Crippen LogP contribution is -2.43. The number of anilines is 1. The Kier molecular flexibility index (Phi) is 5.98. The van der Waals surface area contributed by atoms with Gasteiger partial charge in [-0.25, -0.2) is 26.3 Å². The van der Waals surface area contributed by atoms with Crippen LogP contribution in [0.5, 0.6) is 5.75 Å². The molecule has 4 heterocycles. The lowest BCUT2D eigenvalue weighted by atomic mass is 10.1. The largest absolute Gasteiger partial charge is 0.489 e. The van der Waals surface area contributed by atoms with Gasteiger partial charge < -0.3 is 19.5 Å². The number of hydrogen-bond acceptors (Lipinski definition) is 6. The summed E-state index contributed by atoms with van der Waals surface area (Å²) < 4.78 is 78.0. The summed E-state index contributed by atoms with van der Waals surface area (Å²) in [5.41, 5.74) is -0.245. The predicted molar refractivity (Wildman–Crippen MR) is 122 cm³/mol. The molecule has 2 amide bonds. The van der Waals surface area contributed by atoms with E-state index in [9.17, 15) is 31.2 Å². The van der Waals surface area contributed by atoms with E-state index < -0.39 is 45.3 Å². The number of likely N-dealkylation sites (tertiary alicyclic amines) is 1. The SMILES string of the molecule is Cn1cc(C(=O)N2CC3COc4c(cn(C)c4C(=O)Nc4cc(F)c(F)c(F)c4)S(=O)(=O)NC3C2)cn1. The molecule has 0 radical (unpaired) electrons. The summed E-state index contributed by atoms with van der Waals surface area (Å²) in [5, 5.41) is 6.22. The van der Waals surface area contributed by atoms with Gasteiger partial charge in [0.1, 0.15) is 4.90 Å². The lowest BCUT2D eigenvalue weighted by molar-refractivity contribution is 0.0782. The Labute approximate surface area is 208 Å². The number of carbonyl (C=O) groups excluding carboxylic acids is 2. The van der Waals surface area contributed by atoms with Gasteiger partial charge >= 0.3 is 0 Å². The minimum atomic E-state index is -4.19. The average Bonchev–Trinajstić information content (AvgIpc) is 3.51. The maximum absolute atomic E-state index is 13.6. The molecular formula is C22H21F3N6O5S. The van der Waals surface area contributed by atoms with Gasteiger partial charge in [0.25, 0.3) is 11.8 Å². The van der Waals surface area contributed by atoms with Gasteiger partial charge in [-0.05, 0) is 0 Å². The number of nitrogens with one attached hydrogen (secondary N) is 2. The third kappa shape index (κ3) is 4.44. The van der Waals surface area contributed by atoms with Crippen LogP contribution in [0.15, 0.2) is 35.6 Å². The van der Waals surface area contributed by atoms with Gasteiger partial charge in [-0.2, -0.15) is 5.10 Å². The number of sulfonamides is 1. The van der Waals surface area contributed by atoms with Gasteiger partial charge in [0.05, 0.1) is 18.4 Å². The molecule has 0 bridgehead atoms. The highest BCUT2D eigenvalue weighted by Crippen LogP contribution is 2.35. The van der Waals surface area contributed by atoms with Crippen LogP contribution in [0.2, 0.25) is 0 Å². The number of aryl methyl sites for hydroxylation is 2. The first-order chi connectivity index (χ1) is 17.4. The molecule has 1 aromatic carbocycles.